The molecule has 0 unspecified atom stereocenters. The topological polar surface area (TPSA) is 259 Å². The lowest BCUT2D eigenvalue weighted by atomic mass is 9.92. The molecule has 0 saturated heterocycles. The van der Waals surface area contributed by atoms with Crippen LogP contribution in [0.5, 0.6) is 0 Å². The molecule has 0 bridgehead atoms. The third kappa shape index (κ3) is 19.1. The third-order valence-electron chi connectivity index (χ3n) is 13.1. The SMILES string of the molecule is C[C@@H](CC(=O)NCc1cccc2ccccc12)NC(=O)[C@H](CC(=O)NC(C)(C)C)CC(=O)C(=O)c1c[nH]c2ccccc12.C[C@@H](CC(=O)NCc1cccc2ccccc12)NC(=O)[C@H](CC(=O)NC(C)(C)C)CS(=O)(=O)c1ccccc1. The van der Waals surface area contributed by atoms with E-state index in [4.69, 9.17) is 0 Å². The smallest absolute Gasteiger partial charge is 0.230 e. The second kappa shape index (κ2) is 28.3. The molecular weight excluding hydrogens is 1060 g/mol. The first-order valence-corrected chi connectivity index (χ1v) is 29.0. The fourth-order valence-electron chi connectivity index (χ4n) is 9.39. The molecule has 4 atom stereocenters. The molecule has 0 aliphatic carbocycles. The molecule has 1 heterocycles. The Labute approximate surface area is 479 Å². The van der Waals surface area contributed by atoms with Gasteiger partial charge in [-0.2, -0.15) is 0 Å². The number of carbonyl (C=O) groups excluding carboxylic acids is 8. The zero-order valence-electron chi connectivity index (χ0n) is 47.8. The molecule has 17 nitrogen and oxygen atoms in total. The maximum Gasteiger partial charge on any atom is 0.230 e. The second-order valence-electron chi connectivity index (χ2n) is 22.8. The Hall–Kier alpha value is -8.51. The van der Waals surface area contributed by atoms with Crippen molar-refractivity contribution in [1.29, 1.82) is 0 Å². The summed E-state index contributed by atoms with van der Waals surface area (Å²) in [5, 5.41) is 21.8. The van der Waals surface area contributed by atoms with E-state index in [-0.39, 0.29) is 48.0 Å². The van der Waals surface area contributed by atoms with Crippen molar-refractivity contribution >= 4 is 89.3 Å². The van der Waals surface area contributed by atoms with Crippen molar-refractivity contribution in [3.63, 3.8) is 0 Å². The molecule has 82 heavy (non-hydrogen) atoms. The number of para-hydroxylation sites is 1. The van der Waals surface area contributed by atoms with Crippen molar-refractivity contribution < 1.29 is 46.8 Å². The summed E-state index contributed by atoms with van der Waals surface area (Å²) in [5.74, 6) is -6.76. The molecule has 0 radical (unpaired) electrons. The normalized spacial score (nSPS) is 13.1. The van der Waals surface area contributed by atoms with Crippen LogP contribution in [0, 0.1) is 11.8 Å². The number of benzene rings is 6. The number of Topliss-reactive ketones (excluding diaryl/α,β-unsaturated/α-hetero) is 2. The summed E-state index contributed by atoms with van der Waals surface area (Å²) >= 11 is 0. The maximum absolute atomic E-state index is 13.3. The van der Waals surface area contributed by atoms with Crippen LogP contribution in [0.4, 0.5) is 0 Å². The van der Waals surface area contributed by atoms with Gasteiger partial charge in [0.1, 0.15) is 0 Å². The van der Waals surface area contributed by atoms with E-state index in [1.54, 1.807) is 71.0 Å². The van der Waals surface area contributed by atoms with E-state index in [9.17, 15) is 46.8 Å². The van der Waals surface area contributed by atoms with Crippen LogP contribution in [0.1, 0.15) is 109 Å². The number of carbonyl (C=O) groups is 8. The van der Waals surface area contributed by atoms with E-state index in [0.29, 0.717) is 24.0 Å². The van der Waals surface area contributed by atoms with Crippen LogP contribution >= 0.6 is 0 Å². The molecule has 0 fully saturated rings. The fourth-order valence-corrected chi connectivity index (χ4v) is 11.0. The Bertz CT molecular complexity index is 3540. The number of amides is 6. The molecular formula is C64H75N7O10S. The first-order valence-electron chi connectivity index (χ1n) is 27.4. The maximum atomic E-state index is 13.3. The first kappa shape index (κ1) is 62.7. The molecule has 7 rings (SSSR count). The van der Waals surface area contributed by atoms with Gasteiger partial charge in [-0.15, -0.1) is 0 Å². The largest absolute Gasteiger partial charge is 0.360 e. The molecule has 18 heteroatoms. The van der Waals surface area contributed by atoms with Crippen molar-refractivity contribution in [2.45, 2.75) is 129 Å². The summed E-state index contributed by atoms with van der Waals surface area (Å²) in [6, 6.07) is 41.4. The molecule has 0 aliphatic rings. The number of hydrogen-bond donors (Lipinski definition) is 7. The molecule has 7 N–H and O–H groups in total. The highest BCUT2D eigenvalue weighted by atomic mass is 32.2. The van der Waals surface area contributed by atoms with Crippen molar-refractivity contribution in [3.8, 4) is 0 Å². The summed E-state index contributed by atoms with van der Waals surface area (Å²) in [7, 11) is -3.83. The highest BCUT2D eigenvalue weighted by molar-refractivity contribution is 7.91. The average molecular weight is 1130 g/mol. The standard InChI is InChI=1S/C34H38N4O5.C30H37N3O5S/c1-21(16-30(40)36-19-23-12-9-11-22-10-5-6-13-25(22)23)37-33(43)24(18-31(41)38-34(2,3)4)17-29(39)32(42)27-20-35-28-15-8-7-14-26(27)28;1-21(17-27(34)31-19-23-13-10-12-22-11-8-9-16-26(22)23)32-29(36)24(18-28(35)33-30(2,3)4)20-39(37,38)25-14-6-5-7-15-25/h5-15,20-21,24,35H,16-19H2,1-4H3,(H,36,40)(H,37,43)(H,38,41);5-16,21,24H,17-20H2,1-4H3,(H,31,34)(H,32,36)(H,33,35)/t21-,24-;21-,24+/m00/s1. The molecule has 7 aromatic rings. The Kier molecular flexibility index (Phi) is 21.6. The Morgan fingerprint density at radius 1 is 0.476 bits per heavy atom. The van der Waals surface area contributed by atoms with E-state index < -0.39 is 92.2 Å². The first-order chi connectivity index (χ1) is 38.7. The van der Waals surface area contributed by atoms with Gasteiger partial charge in [-0.3, -0.25) is 38.4 Å². The number of fused-ring (bicyclic) bond motifs is 3. The van der Waals surface area contributed by atoms with E-state index in [2.05, 4.69) is 36.9 Å². The number of H-pyrrole nitrogens is 1. The number of nitrogens with one attached hydrogen (secondary N) is 7. The van der Waals surface area contributed by atoms with E-state index in [0.717, 1.165) is 32.7 Å². The molecule has 432 valence electrons. The van der Waals surface area contributed by atoms with Gasteiger partial charge in [0.25, 0.3) is 0 Å². The van der Waals surface area contributed by atoms with Crippen LogP contribution < -0.4 is 31.9 Å². The number of aromatic amines is 1. The predicted molar refractivity (Wildman–Crippen MR) is 319 cm³/mol. The summed E-state index contributed by atoms with van der Waals surface area (Å²) in [4.78, 5) is 106. The van der Waals surface area contributed by atoms with Gasteiger partial charge in [0, 0.05) is 85.5 Å². The summed E-state index contributed by atoms with van der Waals surface area (Å²) in [5.41, 5.74) is 1.81. The minimum Gasteiger partial charge on any atom is -0.360 e. The van der Waals surface area contributed by atoms with Crippen molar-refractivity contribution in [3.05, 3.63) is 162 Å². The molecule has 1 aromatic heterocycles. The number of rotatable bonds is 23. The van der Waals surface area contributed by atoms with Gasteiger partial charge in [0.2, 0.25) is 47.0 Å². The number of aromatic nitrogens is 1. The van der Waals surface area contributed by atoms with Crippen LogP contribution in [0.25, 0.3) is 32.4 Å². The second-order valence-corrected chi connectivity index (χ2v) is 24.8. The van der Waals surface area contributed by atoms with E-state index >= 15 is 0 Å². The monoisotopic (exact) mass is 1130 g/mol. The van der Waals surface area contributed by atoms with Crippen LogP contribution in [-0.2, 0) is 56.5 Å². The molecule has 6 aromatic carbocycles. The lowest BCUT2D eigenvalue weighted by molar-refractivity contribution is -0.133. The van der Waals surface area contributed by atoms with Gasteiger partial charge in [-0.1, -0.05) is 121 Å². The zero-order valence-corrected chi connectivity index (χ0v) is 48.6. The van der Waals surface area contributed by atoms with Gasteiger partial charge < -0.3 is 36.9 Å². The number of hydrogen-bond acceptors (Lipinski definition) is 10. The molecule has 0 spiro atoms. The zero-order chi connectivity index (χ0) is 59.8. The quantitative estimate of drug-likeness (QED) is 0.0238. The predicted octanol–water partition coefficient (Wildman–Crippen LogP) is 8.34. The minimum atomic E-state index is -3.83. The van der Waals surface area contributed by atoms with Gasteiger partial charge >= 0.3 is 0 Å². The van der Waals surface area contributed by atoms with Gasteiger partial charge in [-0.05, 0) is 106 Å². The number of sulfone groups is 1. The summed E-state index contributed by atoms with van der Waals surface area (Å²) in [6.07, 6.45) is 0.459. The number of ketones is 2. The van der Waals surface area contributed by atoms with Gasteiger partial charge in [0.05, 0.1) is 28.0 Å². The van der Waals surface area contributed by atoms with Crippen LogP contribution in [0.2, 0.25) is 0 Å². The van der Waals surface area contributed by atoms with Crippen LogP contribution in [-0.4, -0.2) is 89.3 Å². The van der Waals surface area contributed by atoms with Crippen molar-refractivity contribution in [2.24, 2.45) is 11.8 Å². The third-order valence-corrected chi connectivity index (χ3v) is 15.0. The van der Waals surface area contributed by atoms with Crippen LogP contribution in [0.15, 0.2) is 151 Å². The average Bonchev–Trinajstić information content (AvgIpc) is 4.07. The summed E-state index contributed by atoms with van der Waals surface area (Å²) in [6.45, 7) is 14.9. The van der Waals surface area contributed by atoms with Gasteiger partial charge in [-0.25, -0.2) is 8.42 Å². The Balaban J connectivity index is 0.000000265. The summed E-state index contributed by atoms with van der Waals surface area (Å²) < 4.78 is 26.0. The van der Waals surface area contributed by atoms with Gasteiger partial charge in [0.15, 0.2) is 9.84 Å². The van der Waals surface area contributed by atoms with Crippen LogP contribution in [0.3, 0.4) is 0 Å². The lowest BCUT2D eigenvalue weighted by Crippen LogP contribution is -2.46. The van der Waals surface area contributed by atoms with E-state index in [1.807, 2.05) is 112 Å². The molecule has 6 amide bonds. The molecule has 0 saturated carbocycles. The Morgan fingerprint density at radius 2 is 0.902 bits per heavy atom. The van der Waals surface area contributed by atoms with E-state index in [1.165, 1.54) is 18.3 Å². The Morgan fingerprint density at radius 3 is 1.40 bits per heavy atom. The minimum absolute atomic E-state index is 0.000367. The van der Waals surface area contributed by atoms with Crippen molar-refractivity contribution in [2.75, 3.05) is 5.75 Å². The molecule has 0 aliphatic heterocycles. The lowest BCUT2D eigenvalue weighted by Gasteiger charge is -2.24. The van der Waals surface area contributed by atoms with Crippen molar-refractivity contribution in [1.82, 2.24) is 36.9 Å². The highest BCUT2D eigenvalue weighted by Crippen LogP contribution is 2.23. The highest BCUT2D eigenvalue weighted by Gasteiger charge is 2.33. The fraction of sp³-hybridized carbons (Fsp3) is 0.344.